The molecule has 1 aliphatic carbocycles. The first-order valence-electron chi connectivity index (χ1n) is 5.99. The quantitative estimate of drug-likeness (QED) is 0.642. The maximum atomic E-state index is 6.09. The minimum Gasteiger partial charge on any atom is -0.325 e. The Balaban J connectivity index is 2.13. The Morgan fingerprint density at radius 3 is 2.00 bits per heavy atom. The minimum absolute atomic E-state index is 0.278. The first-order chi connectivity index (χ1) is 6.20. The van der Waals surface area contributed by atoms with Gasteiger partial charge in [0, 0.05) is 5.54 Å². The molecule has 0 aromatic heterocycles. The van der Waals surface area contributed by atoms with Gasteiger partial charge in [0.15, 0.2) is 0 Å². The first-order valence-corrected chi connectivity index (χ1v) is 5.99. The molecule has 0 amide bonds. The van der Waals surface area contributed by atoms with E-state index in [4.69, 9.17) is 5.73 Å². The molecule has 0 aliphatic heterocycles. The molecule has 0 atom stereocenters. The van der Waals surface area contributed by atoms with Crippen molar-refractivity contribution in [2.75, 3.05) is 0 Å². The number of nitrogens with two attached hydrogens (primary N) is 1. The topological polar surface area (TPSA) is 26.0 Å². The molecule has 1 rings (SSSR count). The van der Waals surface area contributed by atoms with Crippen molar-refractivity contribution in [3.05, 3.63) is 0 Å². The van der Waals surface area contributed by atoms with Crippen molar-refractivity contribution >= 4 is 0 Å². The largest absolute Gasteiger partial charge is 0.325 e. The third-order valence-electron chi connectivity index (χ3n) is 3.34. The van der Waals surface area contributed by atoms with Gasteiger partial charge in [-0.1, -0.05) is 39.5 Å². The van der Waals surface area contributed by atoms with Gasteiger partial charge in [-0.05, 0) is 31.6 Å². The van der Waals surface area contributed by atoms with Gasteiger partial charge < -0.3 is 5.73 Å². The van der Waals surface area contributed by atoms with Crippen LogP contribution in [0.5, 0.6) is 0 Å². The van der Waals surface area contributed by atoms with Crippen LogP contribution in [0, 0.1) is 5.92 Å². The summed E-state index contributed by atoms with van der Waals surface area (Å²) in [5, 5.41) is 0. The van der Waals surface area contributed by atoms with Crippen LogP contribution in [0.3, 0.4) is 0 Å². The molecule has 0 radical (unpaired) electrons. The van der Waals surface area contributed by atoms with Gasteiger partial charge in [0.05, 0.1) is 0 Å². The van der Waals surface area contributed by atoms with Gasteiger partial charge in [-0.2, -0.15) is 0 Å². The van der Waals surface area contributed by atoms with Crippen LogP contribution in [0.2, 0.25) is 0 Å². The second kappa shape index (κ2) is 4.99. The molecule has 1 heteroatoms. The lowest BCUT2D eigenvalue weighted by molar-refractivity contribution is 0.378. The summed E-state index contributed by atoms with van der Waals surface area (Å²) in [4.78, 5) is 0. The highest BCUT2D eigenvalue weighted by molar-refractivity contribution is 4.98. The second-order valence-corrected chi connectivity index (χ2v) is 4.84. The Labute approximate surface area is 83.1 Å². The zero-order valence-corrected chi connectivity index (χ0v) is 9.31. The normalized spacial score (nSPS) is 19.4. The molecule has 0 aromatic rings. The Hall–Kier alpha value is -0.0400. The molecular formula is C12H25N. The van der Waals surface area contributed by atoms with E-state index >= 15 is 0 Å². The molecule has 0 aromatic carbocycles. The predicted octanol–water partition coefficient (Wildman–Crippen LogP) is 3.47. The summed E-state index contributed by atoms with van der Waals surface area (Å²) in [7, 11) is 0. The average Bonchev–Trinajstić information content (AvgIpc) is 2.82. The Morgan fingerprint density at radius 2 is 1.62 bits per heavy atom. The lowest BCUT2D eigenvalue weighted by Crippen LogP contribution is -2.22. The molecule has 1 saturated carbocycles. The summed E-state index contributed by atoms with van der Waals surface area (Å²) in [6.07, 6.45) is 10.7. The molecule has 0 unspecified atom stereocenters. The zero-order valence-electron chi connectivity index (χ0n) is 9.31. The van der Waals surface area contributed by atoms with Gasteiger partial charge in [-0.3, -0.25) is 0 Å². The summed E-state index contributed by atoms with van der Waals surface area (Å²) in [5.74, 6) is 0.955. The van der Waals surface area contributed by atoms with Gasteiger partial charge in [0.25, 0.3) is 0 Å². The highest BCUT2D eigenvalue weighted by Gasteiger charge is 2.37. The van der Waals surface area contributed by atoms with Crippen molar-refractivity contribution in [2.45, 2.75) is 70.8 Å². The van der Waals surface area contributed by atoms with Crippen molar-refractivity contribution < 1.29 is 0 Å². The highest BCUT2D eigenvalue weighted by Crippen LogP contribution is 2.38. The minimum atomic E-state index is 0.278. The van der Waals surface area contributed by atoms with Gasteiger partial charge in [0.1, 0.15) is 0 Å². The van der Waals surface area contributed by atoms with Crippen LogP contribution in [0.15, 0.2) is 0 Å². The van der Waals surface area contributed by atoms with Crippen molar-refractivity contribution in [2.24, 2.45) is 11.7 Å². The number of rotatable bonds is 7. The van der Waals surface area contributed by atoms with Gasteiger partial charge in [-0.15, -0.1) is 0 Å². The Bertz CT molecular complexity index is 132. The summed E-state index contributed by atoms with van der Waals surface area (Å²) < 4.78 is 0. The van der Waals surface area contributed by atoms with E-state index in [1.54, 1.807) is 0 Å². The van der Waals surface area contributed by atoms with Crippen molar-refractivity contribution in [3.63, 3.8) is 0 Å². The molecule has 1 fully saturated rings. The van der Waals surface area contributed by atoms with Crippen LogP contribution in [0.4, 0.5) is 0 Å². The van der Waals surface area contributed by atoms with E-state index in [2.05, 4.69) is 13.8 Å². The van der Waals surface area contributed by atoms with Crippen LogP contribution in [-0.4, -0.2) is 5.54 Å². The molecule has 0 saturated heterocycles. The molecule has 0 heterocycles. The van der Waals surface area contributed by atoms with E-state index < -0.39 is 0 Å². The monoisotopic (exact) mass is 183 g/mol. The maximum Gasteiger partial charge on any atom is 0.0155 e. The van der Waals surface area contributed by atoms with Crippen molar-refractivity contribution in [1.82, 2.24) is 0 Å². The predicted molar refractivity (Wildman–Crippen MR) is 58.7 cm³/mol. The molecule has 1 nitrogen and oxygen atoms in total. The van der Waals surface area contributed by atoms with Crippen LogP contribution < -0.4 is 5.73 Å². The fourth-order valence-corrected chi connectivity index (χ4v) is 2.15. The molecule has 0 bridgehead atoms. The molecule has 78 valence electrons. The summed E-state index contributed by atoms with van der Waals surface area (Å²) in [6.45, 7) is 4.58. The van der Waals surface area contributed by atoms with Crippen LogP contribution >= 0.6 is 0 Å². The standard InChI is InChI=1S/C12H25N/c1-3-5-11(6-4-2)7-8-12(13)9-10-12/h11H,3-10,13H2,1-2H3. The third-order valence-corrected chi connectivity index (χ3v) is 3.34. The zero-order chi connectivity index (χ0) is 9.73. The number of hydrogen-bond donors (Lipinski definition) is 1. The van der Waals surface area contributed by atoms with E-state index in [0.717, 1.165) is 5.92 Å². The molecular weight excluding hydrogens is 158 g/mol. The molecule has 0 spiro atoms. The summed E-state index contributed by atoms with van der Waals surface area (Å²) in [5.41, 5.74) is 6.36. The van der Waals surface area contributed by atoms with Gasteiger partial charge in [0.2, 0.25) is 0 Å². The summed E-state index contributed by atoms with van der Waals surface area (Å²) in [6, 6.07) is 0. The van der Waals surface area contributed by atoms with Crippen molar-refractivity contribution in [1.29, 1.82) is 0 Å². The Morgan fingerprint density at radius 1 is 1.08 bits per heavy atom. The van der Waals surface area contributed by atoms with Crippen LogP contribution in [0.25, 0.3) is 0 Å². The van der Waals surface area contributed by atoms with E-state index in [1.807, 2.05) is 0 Å². The van der Waals surface area contributed by atoms with Crippen LogP contribution in [0.1, 0.15) is 65.2 Å². The fourth-order valence-electron chi connectivity index (χ4n) is 2.15. The number of hydrogen-bond acceptors (Lipinski definition) is 1. The highest BCUT2D eigenvalue weighted by atomic mass is 14.8. The fraction of sp³-hybridized carbons (Fsp3) is 1.00. The molecule has 13 heavy (non-hydrogen) atoms. The van der Waals surface area contributed by atoms with Crippen molar-refractivity contribution in [3.8, 4) is 0 Å². The molecule has 2 N–H and O–H groups in total. The van der Waals surface area contributed by atoms with Gasteiger partial charge in [-0.25, -0.2) is 0 Å². The average molecular weight is 183 g/mol. The SMILES string of the molecule is CCCC(CCC)CCC1(N)CC1. The smallest absolute Gasteiger partial charge is 0.0155 e. The van der Waals surface area contributed by atoms with Gasteiger partial charge >= 0.3 is 0 Å². The summed E-state index contributed by atoms with van der Waals surface area (Å²) >= 11 is 0. The maximum absolute atomic E-state index is 6.09. The lowest BCUT2D eigenvalue weighted by atomic mass is 9.91. The lowest BCUT2D eigenvalue weighted by Gasteiger charge is -2.17. The Kier molecular flexibility index (Phi) is 4.24. The van der Waals surface area contributed by atoms with Crippen LogP contribution in [-0.2, 0) is 0 Å². The van der Waals surface area contributed by atoms with E-state index in [9.17, 15) is 0 Å². The third kappa shape index (κ3) is 4.12. The second-order valence-electron chi connectivity index (χ2n) is 4.84. The van der Waals surface area contributed by atoms with E-state index in [1.165, 1.54) is 51.4 Å². The molecule has 1 aliphatic rings. The first kappa shape index (κ1) is 11.0. The van der Waals surface area contributed by atoms with E-state index in [0.29, 0.717) is 0 Å². The van der Waals surface area contributed by atoms with E-state index in [-0.39, 0.29) is 5.54 Å².